The smallest absolute Gasteiger partial charge is 0.0133 e. The van der Waals surface area contributed by atoms with Gasteiger partial charge in [0.2, 0.25) is 0 Å². The minimum Gasteiger partial charge on any atom is -0.0991 e. The van der Waals surface area contributed by atoms with Crippen molar-refractivity contribution in [2.24, 2.45) is 23.7 Å². The lowest BCUT2D eigenvalue weighted by molar-refractivity contribution is 0.398. The minimum atomic E-state index is 0.925. The molecule has 5 aliphatic carbocycles. The van der Waals surface area contributed by atoms with Crippen LogP contribution in [0.25, 0.3) is 0 Å². The van der Waals surface area contributed by atoms with Gasteiger partial charge in [0, 0.05) is 0 Å². The highest BCUT2D eigenvalue weighted by atomic mass is 14.5. The van der Waals surface area contributed by atoms with E-state index in [2.05, 4.69) is 93.8 Å². The molecule has 5 rings (SSSR count). The van der Waals surface area contributed by atoms with Gasteiger partial charge < -0.3 is 0 Å². The topological polar surface area (TPSA) is 0 Å². The molecular weight excluding hydrogens is 420 g/mol. The maximum Gasteiger partial charge on any atom is -0.0133 e. The summed E-state index contributed by atoms with van der Waals surface area (Å²) in [7, 11) is 0. The Balaban J connectivity index is 0.000000413. The Morgan fingerprint density at radius 1 is 0.743 bits per heavy atom. The van der Waals surface area contributed by atoms with Crippen molar-refractivity contribution in [3.8, 4) is 0 Å². The summed E-state index contributed by atoms with van der Waals surface area (Å²) < 4.78 is 0. The van der Waals surface area contributed by atoms with Crippen LogP contribution < -0.4 is 0 Å². The second-order valence-corrected chi connectivity index (χ2v) is 9.24. The predicted octanol–water partition coefficient (Wildman–Crippen LogP) is 11.1. The van der Waals surface area contributed by atoms with Gasteiger partial charge >= 0.3 is 0 Å². The van der Waals surface area contributed by atoms with Gasteiger partial charge in [0.15, 0.2) is 0 Å². The molecule has 0 heteroatoms. The van der Waals surface area contributed by atoms with E-state index in [1.54, 1.807) is 12.2 Å². The highest BCUT2D eigenvalue weighted by molar-refractivity contribution is 5.21. The van der Waals surface area contributed by atoms with Gasteiger partial charge in [0.05, 0.1) is 0 Å². The summed E-state index contributed by atoms with van der Waals surface area (Å²) in [6, 6.07) is 0. The third-order valence-electron chi connectivity index (χ3n) is 6.25. The van der Waals surface area contributed by atoms with Gasteiger partial charge in [-0.15, -0.1) is 0 Å². The van der Waals surface area contributed by atoms with Crippen molar-refractivity contribution < 1.29 is 0 Å². The first kappa shape index (κ1) is 32.4. The molecule has 35 heavy (non-hydrogen) atoms. The normalized spacial score (nSPS) is 24.6. The standard InChI is InChI=1S/C10H12.C5H8.C5H6.C5H10.2C5H8/c1-2-9-7-4-5-8(6-7)10(9)3-1;2*1-2-4-5-3-1;1-4-5(2)3;2*1-3-5-4-2/h1-2,4-5,7-10H,3,6H2;1-2H,3-5H2;1-4H,5H2;4H,1-3H3;2*3-5H,1H2,2H3/b;;;;5-4+;5-4-. The molecule has 1 fully saturated rings. The summed E-state index contributed by atoms with van der Waals surface area (Å²) in [6.45, 7) is 17.1. The monoisotopic (exact) mass is 472 g/mol. The van der Waals surface area contributed by atoms with Crippen LogP contribution in [0.1, 0.15) is 73.1 Å². The quantitative estimate of drug-likeness (QED) is 0.277. The molecule has 0 amide bonds. The van der Waals surface area contributed by atoms with Gasteiger partial charge in [-0.1, -0.05) is 122 Å². The lowest BCUT2D eigenvalue weighted by Crippen LogP contribution is -2.12. The van der Waals surface area contributed by atoms with Crippen molar-refractivity contribution in [1.82, 2.24) is 0 Å². The molecule has 192 valence electrons. The lowest BCUT2D eigenvalue weighted by atomic mass is 9.86. The number of hydrogen-bond acceptors (Lipinski definition) is 0. The third kappa shape index (κ3) is 16.6. The molecule has 0 saturated heterocycles. The molecule has 0 aromatic heterocycles. The average Bonchev–Trinajstić information content (AvgIpc) is 3.71. The van der Waals surface area contributed by atoms with Crippen LogP contribution in [0.15, 0.2) is 122 Å². The zero-order valence-electron chi connectivity index (χ0n) is 23.3. The van der Waals surface area contributed by atoms with Gasteiger partial charge in [0.1, 0.15) is 0 Å². The van der Waals surface area contributed by atoms with Crippen molar-refractivity contribution in [1.29, 1.82) is 0 Å². The van der Waals surface area contributed by atoms with E-state index in [1.807, 2.05) is 45.1 Å². The van der Waals surface area contributed by atoms with Crippen molar-refractivity contribution >= 4 is 0 Å². The van der Waals surface area contributed by atoms with E-state index < -0.39 is 0 Å². The SMILES string of the molecule is C1=CC2C3C=CC(C3)C2C1.C1=CCC=C1.C1=CCCC1.C=C/C=C/C.C=C/C=C\C.CC=C(C)C. The van der Waals surface area contributed by atoms with Gasteiger partial charge in [-0.05, 0) is 96.8 Å². The van der Waals surface area contributed by atoms with Crippen LogP contribution in [0.4, 0.5) is 0 Å². The third-order valence-corrected chi connectivity index (χ3v) is 6.25. The number of rotatable bonds is 2. The molecule has 1 saturated carbocycles. The summed E-state index contributed by atoms with van der Waals surface area (Å²) >= 11 is 0. The number of hydrogen-bond donors (Lipinski definition) is 0. The summed E-state index contributed by atoms with van der Waals surface area (Å²) in [6.07, 6.45) is 43.7. The fraction of sp³-hybridized carbons (Fsp3) is 0.429. The molecule has 0 aromatic carbocycles. The van der Waals surface area contributed by atoms with Crippen molar-refractivity contribution in [3.63, 3.8) is 0 Å². The van der Waals surface area contributed by atoms with Gasteiger partial charge in [-0.25, -0.2) is 0 Å². The van der Waals surface area contributed by atoms with Gasteiger partial charge in [-0.3, -0.25) is 0 Å². The van der Waals surface area contributed by atoms with E-state index in [0.717, 1.165) is 30.1 Å². The van der Waals surface area contributed by atoms with Crippen LogP contribution in [-0.4, -0.2) is 0 Å². The summed E-state index contributed by atoms with van der Waals surface area (Å²) in [5, 5.41) is 0. The van der Waals surface area contributed by atoms with E-state index in [1.165, 1.54) is 37.7 Å². The zero-order valence-corrected chi connectivity index (χ0v) is 23.3. The molecule has 0 N–H and O–H groups in total. The predicted molar refractivity (Wildman–Crippen MR) is 162 cm³/mol. The molecule has 0 heterocycles. The number of allylic oxidation sites excluding steroid dienone is 18. The molecule has 0 nitrogen and oxygen atoms in total. The fourth-order valence-electron chi connectivity index (χ4n) is 4.23. The minimum absolute atomic E-state index is 0.925. The molecule has 4 atom stereocenters. The van der Waals surface area contributed by atoms with Crippen LogP contribution in [0.5, 0.6) is 0 Å². The van der Waals surface area contributed by atoms with Gasteiger partial charge in [-0.2, -0.15) is 0 Å². The molecule has 0 aromatic rings. The Morgan fingerprint density at radius 2 is 1.29 bits per heavy atom. The first-order chi connectivity index (χ1) is 17.0. The van der Waals surface area contributed by atoms with E-state index in [9.17, 15) is 0 Å². The average molecular weight is 473 g/mol. The van der Waals surface area contributed by atoms with Crippen molar-refractivity contribution in [2.75, 3.05) is 0 Å². The Bertz CT molecular complexity index is 735. The van der Waals surface area contributed by atoms with E-state index in [0.29, 0.717) is 0 Å². The molecule has 0 spiro atoms. The Hall–Kier alpha value is -2.60. The largest absolute Gasteiger partial charge is 0.0991 e. The lowest BCUT2D eigenvalue weighted by Gasteiger charge is -2.18. The van der Waals surface area contributed by atoms with E-state index in [-0.39, 0.29) is 0 Å². The first-order valence-corrected chi connectivity index (χ1v) is 13.4. The molecular formula is C35H52. The Labute approximate surface area is 218 Å². The van der Waals surface area contributed by atoms with Crippen LogP contribution >= 0.6 is 0 Å². The summed E-state index contributed by atoms with van der Waals surface area (Å²) in [5.74, 6) is 3.82. The number of fused-ring (bicyclic) bond motifs is 5. The molecule has 0 radical (unpaired) electrons. The second-order valence-electron chi connectivity index (χ2n) is 9.24. The van der Waals surface area contributed by atoms with Gasteiger partial charge in [0.25, 0.3) is 0 Å². The zero-order chi connectivity index (χ0) is 26.2. The highest BCUT2D eigenvalue weighted by Crippen LogP contribution is 2.52. The summed E-state index contributed by atoms with van der Waals surface area (Å²) in [4.78, 5) is 0. The van der Waals surface area contributed by atoms with Crippen LogP contribution in [0.2, 0.25) is 0 Å². The van der Waals surface area contributed by atoms with Crippen LogP contribution in [0.3, 0.4) is 0 Å². The molecule has 0 aliphatic heterocycles. The molecule has 5 aliphatic rings. The Kier molecular flexibility index (Phi) is 21.4. The summed E-state index contributed by atoms with van der Waals surface area (Å²) in [5.41, 5.74) is 1.38. The van der Waals surface area contributed by atoms with E-state index >= 15 is 0 Å². The maximum absolute atomic E-state index is 3.46. The van der Waals surface area contributed by atoms with Crippen LogP contribution in [-0.2, 0) is 0 Å². The molecule has 2 bridgehead atoms. The Morgan fingerprint density at radius 3 is 1.60 bits per heavy atom. The van der Waals surface area contributed by atoms with E-state index in [4.69, 9.17) is 0 Å². The van der Waals surface area contributed by atoms with Crippen molar-refractivity contribution in [2.45, 2.75) is 73.1 Å². The van der Waals surface area contributed by atoms with Crippen molar-refractivity contribution in [3.05, 3.63) is 122 Å². The van der Waals surface area contributed by atoms with Crippen LogP contribution in [0, 0.1) is 23.7 Å². The molecule has 4 unspecified atom stereocenters. The second kappa shape index (κ2) is 23.2. The fourth-order valence-corrected chi connectivity index (χ4v) is 4.23. The first-order valence-electron chi connectivity index (χ1n) is 13.4. The highest BCUT2D eigenvalue weighted by Gasteiger charge is 2.44. The maximum atomic E-state index is 3.46.